The molecule has 0 unspecified atom stereocenters. The molecule has 0 saturated carbocycles. The van der Waals surface area contributed by atoms with E-state index in [1.165, 1.54) is 6.92 Å². The van der Waals surface area contributed by atoms with Crippen molar-refractivity contribution in [2.45, 2.75) is 31.9 Å². The van der Waals surface area contributed by atoms with Crippen LogP contribution in [0.5, 0.6) is 11.5 Å². The van der Waals surface area contributed by atoms with Crippen molar-refractivity contribution in [2.24, 2.45) is 0 Å². The average molecular weight is 320 g/mol. The summed E-state index contributed by atoms with van der Waals surface area (Å²) in [5.74, 6) is -0.115. The molecule has 0 aromatic heterocycles. The third kappa shape index (κ3) is 3.36. The monoisotopic (exact) mass is 320 g/mol. The second kappa shape index (κ2) is 6.15. The highest BCUT2D eigenvalue weighted by Crippen LogP contribution is 2.34. The van der Waals surface area contributed by atoms with E-state index in [1.807, 2.05) is 0 Å². The summed E-state index contributed by atoms with van der Waals surface area (Å²) in [7, 11) is 0. The molecule has 1 aromatic carbocycles. The van der Waals surface area contributed by atoms with Crippen molar-refractivity contribution >= 4 is 23.5 Å². The predicted molar refractivity (Wildman–Crippen MR) is 77.9 cm³/mol. The average Bonchev–Trinajstić information content (AvgIpc) is 3.15. The van der Waals surface area contributed by atoms with E-state index in [1.54, 1.807) is 18.2 Å². The first-order valence-corrected chi connectivity index (χ1v) is 7.23. The van der Waals surface area contributed by atoms with Gasteiger partial charge < -0.3 is 24.8 Å². The summed E-state index contributed by atoms with van der Waals surface area (Å²) in [5.41, 5.74) is 0.510. The lowest BCUT2D eigenvalue weighted by atomic mass is 10.2. The molecule has 1 aromatic rings. The fraction of sp³-hybridized carbons (Fsp3) is 0.400. The van der Waals surface area contributed by atoms with Crippen molar-refractivity contribution in [1.82, 2.24) is 5.32 Å². The van der Waals surface area contributed by atoms with Gasteiger partial charge in [0, 0.05) is 18.2 Å². The maximum Gasteiger partial charge on any atom is 0.329 e. The Morgan fingerprint density at radius 2 is 2.13 bits per heavy atom. The van der Waals surface area contributed by atoms with E-state index in [2.05, 4.69) is 10.6 Å². The number of carbonyl (C=O) groups is 3. The normalized spacial score (nSPS) is 19.9. The van der Waals surface area contributed by atoms with Gasteiger partial charge >= 0.3 is 5.97 Å². The maximum atomic E-state index is 12.1. The molecule has 2 N–H and O–H groups in total. The van der Waals surface area contributed by atoms with Crippen LogP contribution in [0.25, 0.3) is 0 Å². The molecule has 2 aliphatic rings. The molecule has 2 aliphatic heterocycles. The Kier molecular flexibility index (Phi) is 4.05. The van der Waals surface area contributed by atoms with Crippen molar-refractivity contribution in [1.29, 1.82) is 0 Å². The van der Waals surface area contributed by atoms with E-state index < -0.39 is 24.0 Å². The lowest BCUT2D eigenvalue weighted by Crippen LogP contribution is -2.39. The summed E-state index contributed by atoms with van der Waals surface area (Å²) in [6.07, 6.45) is -0.309. The Morgan fingerprint density at radius 3 is 2.87 bits per heavy atom. The topological polar surface area (TPSA) is 103 Å². The number of rotatable bonds is 4. The molecule has 0 radical (unpaired) electrons. The lowest BCUT2D eigenvalue weighted by Gasteiger charge is -2.16. The second-order valence-electron chi connectivity index (χ2n) is 5.30. The molecular weight excluding hydrogens is 304 g/mol. The van der Waals surface area contributed by atoms with Crippen molar-refractivity contribution in [2.75, 3.05) is 12.1 Å². The molecule has 2 amide bonds. The van der Waals surface area contributed by atoms with Gasteiger partial charge in [-0.25, -0.2) is 4.79 Å². The first-order valence-electron chi connectivity index (χ1n) is 7.23. The van der Waals surface area contributed by atoms with E-state index in [4.69, 9.17) is 14.2 Å². The number of carbonyl (C=O) groups excluding carboxylic acids is 3. The molecule has 1 saturated heterocycles. The number of nitrogens with one attached hydrogen (secondary N) is 2. The number of anilines is 1. The zero-order chi connectivity index (χ0) is 16.4. The quantitative estimate of drug-likeness (QED) is 0.786. The van der Waals surface area contributed by atoms with E-state index in [9.17, 15) is 14.4 Å². The third-order valence-electron chi connectivity index (χ3n) is 3.58. The summed E-state index contributed by atoms with van der Waals surface area (Å²) in [6, 6.07) is 4.30. The number of hydrogen-bond acceptors (Lipinski definition) is 6. The number of esters is 1. The van der Waals surface area contributed by atoms with Gasteiger partial charge in [-0.2, -0.15) is 0 Å². The van der Waals surface area contributed by atoms with Crippen LogP contribution >= 0.6 is 0 Å². The van der Waals surface area contributed by atoms with Gasteiger partial charge in [0.2, 0.25) is 12.7 Å². The fourth-order valence-electron chi connectivity index (χ4n) is 2.32. The van der Waals surface area contributed by atoms with Gasteiger partial charge in [-0.15, -0.1) is 0 Å². The minimum Gasteiger partial charge on any atom is -0.454 e. The number of fused-ring (bicyclic) bond motifs is 1. The number of amides is 2. The Morgan fingerprint density at radius 1 is 1.35 bits per heavy atom. The minimum absolute atomic E-state index is 0.147. The first kappa shape index (κ1) is 15.1. The highest BCUT2D eigenvalue weighted by molar-refractivity contribution is 5.96. The minimum atomic E-state index is -0.981. The van der Waals surface area contributed by atoms with Crippen LogP contribution in [0.2, 0.25) is 0 Å². The molecule has 23 heavy (non-hydrogen) atoms. The standard InChI is InChI=1S/C15H16N2O6/c1-8(23-15(20)10-3-5-13(18)17-10)14(19)16-9-2-4-11-12(6-9)22-7-21-11/h2,4,6,8,10H,3,5,7H2,1H3,(H,16,19)(H,17,18)/t8-,10+/m0/s1. The zero-order valence-corrected chi connectivity index (χ0v) is 12.5. The Balaban J connectivity index is 1.55. The smallest absolute Gasteiger partial charge is 0.329 e. The van der Waals surface area contributed by atoms with Crippen LogP contribution in [-0.4, -0.2) is 36.7 Å². The molecule has 8 nitrogen and oxygen atoms in total. The molecule has 0 bridgehead atoms. The van der Waals surface area contributed by atoms with Crippen LogP contribution in [0.15, 0.2) is 18.2 Å². The largest absolute Gasteiger partial charge is 0.454 e. The van der Waals surface area contributed by atoms with Crippen LogP contribution in [-0.2, 0) is 19.1 Å². The van der Waals surface area contributed by atoms with Gasteiger partial charge in [0.15, 0.2) is 17.6 Å². The van der Waals surface area contributed by atoms with Gasteiger partial charge in [-0.05, 0) is 25.5 Å². The van der Waals surface area contributed by atoms with E-state index in [-0.39, 0.29) is 19.1 Å². The summed E-state index contributed by atoms with van der Waals surface area (Å²) >= 11 is 0. The van der Waals surface area contributed by atoms with Crippen molar-refractivity contribution in [3.8, 4) is 11.5 Å². The highest BCUT2D eigenvalue weighted by Gasteiger charge is 2.30. The first-order chi connectivity index (χ1) is 11.0. The summed E-state index contributed by atoms with van der Waals surface area (Å²) < 4.78 is 15.5. The fourth-order valence-corrected chi connectivity index (χ4v) is 2.32. The number of ether oxygens (including phenoxy) is 3. The molecule has 0 aliphatic carbocycles. The van der Waals surface area contributed by atoms with Crippen LogP contribution in [0, 0.1) is 0 Å². The molecular formula is C15H16N2O6. The summed E-state index contributed by atoms with van der Waals surface area (Å²) in [6.45, 7) is 1.62. The summed E-state index contributed by atoms with van der Waals surface area (Å²) in [5, 5.41) is 5.14. The van der Waals surface area contributed by atoms with Gasteiger partial charge in [0.1, 0.15) is 6.04 Å². The predicted octanol–water partition coefficient (Wildman–Crippen LogP) is 0.564. The SMILES string of the molecule is C[C@H](OC(=O)[C@H]1CCC(=O)N1)C(=O)Nc1ccc2c(c1)OCO2. The van der Waals surface area contributed by atoms with Gasteiger partial charge in [0.25, 0.3) is 5.91 Å². The molecule has 3 rings (SSSR count). The third-order valence-corrected chi connectivity index (χ3v) is 3.58. The van der Waals surface area contributed by atoms with Gasteiger partial charge in [0.05, 0.1) is 0 Å². The molecule has 1 fully saturated rings. The van der Waals surface area contributed by atoms with Gasteiger partial charge in [-0.1, -0.05) is 0 Å². The summed E-state index contributed by atoms with van der Waals surface area (Å²) in [4.78, 5) is 35.0. The van der Waals surface area contributed by atoms with Crippen LogP contribution in [0.3, 0.4) is 0 Å². The van der Waals surface area contributed by atoms with E-state index in [0.717, 1.165) is 0 Å². The van der Waals surface area contributed by atoms with Crippen LogP contribution < -0.4 is 20.1 Å². The van der Waals surface area contributed by atoms with Crippen LogP contribution in [0.1, 0.15) is 19.8 Å². The second-order valence-corrected chi connectivity index (χ2v) is 5.30. The van der Waals surface area contributed by atoms with E-state index >= 15 is 0 Å². The number of benzene rings is 1. The molecule has 2 heterocycles. The molecule has 8 heteroatoms. The lowest BCUT2D eigenvalue weighted by molar-refractivity contribution is -0.155. The zero-order valence-electron chi connectivity index (χ0n) is 12.5. The molecule has 0 spiro atoms. The highest BCUT2D eigenvalue weighted by atomic mass is 16.7. The number of hydrogen-bond donors (Lipinski definition) is 2. The van der Waals surface area contributed by atoms with E-state index in [0.29, 0.717) is 23.6 Å². The van der Waals surface area contributed by atoms with Crippen molar-refractivity contribution < 1.29 is 28.6 Å². The maximum absolute atomic E-state index is 12.1. The Labute approximate surface area is 132 Å². The molecule has 2 atom stereocenters. The van der Waals surface area contributed by atoms with Crippen molar-refractivity contribution in [3.63, 3.8) is 0 Å². The van der Waals surface area contributed by atoms with Gasteiger partial charge in [-0.3, -0.25) is 9.59 Å². The van der Waals surface area contributed by atoms with Crippen molar-refractivity contribution in [3.05, 3.63) is 18.2 Å². The Hall–Kier alpha value is -2.77. The molecule has 122 valence electrons. The van der Waals surface area contributed by atoms with Crippen LogP contribution in [0.4, 0.5) is 5.69 Å². The Bertz CT molecular complexity index is 659.